The molecule has 106 valence electrons. The summed E-state index contributed by atoms with van der Waals surface area (Å²) < 4.78 is 10.8. The Hall–Kier alpha value is -2.07. The highest BCUT2D eigenvalue weighted by Gasteiger charge is 2.23. The van der Waals surface area contributed by atoms with Gasteiger partial charge in [-0.25, -0.2) is 0 Å². The third-order valence-corrected chi connectivity index (χ3v) is 3.13. The topological polar surface area (TPSA) is 42.7 Å². The average molecular weight is 273 g/mol. The van der Waals surface area contributed by atoms with Gasteiger partial charge in [0.2, 0.25) is 0 Å². The Morgan fingerprint density at radius 1 is 1.25 bits per heavy atom. The van der Waals surface area contributed by atoms with Crippen molar-refractivity contribution in [2.24, 2.45) is 0 Å². The number of methoxy groups -OCH3 is 1. The molecule has 1 amide bonds. The number of furan rings is 1. The molecule has 20 heavy (non-hydrogen) atoms. The number of carbonyl (C=O) groups excluding carboxylic acids is 1. The summed E-state index contributed by atoms with van der Waals surface area (Å²) in [6, 6.07) is 13.2. The Labute approximate surface area is 119 Å². The Kier molecular flexibility index (Phi) is 4.58. The molecule has 0 aliphatic carbocycles. The Morgan fingerprint density at radius 2 is 1.95 bits per heavy atom. The van der Waals surface area contributed by atoms with E-state index in [1.54, 1.807) is 19.1 Å². The van der Waals surface area contributed by atoms with Crippen LogP contribution in [-0.2, 0) is 16.1 Å². The largest absolute Gasteiger partial charge is 0.464 e. The van der Waals surface area contributed by atoms with Gasteiger partial charge in [0, 0.05) is 14.2 Å². The molecule has 0 N–H and O–H groups in total. The maximum atomic E-state index is 12.4. The highest BCUT2D eigenvalue weighted by Crippen LogP contribution is 2.20. The lowest BCUT2D eigenvalue weighted by Crippen LogP contribution is -2.32. The molecule has 0 aliphatic heterocycles. The maximum Gasteiger partial charge on any atom is 0.256 e. The van der Waals surface area contributed by atoms with Crippen LogP contribution in [0.15, 0.2) is 46.9 Å². The lowest BCUT2D eigenvalue weighted by molar-refractivity contribution is -0.141. The summed E-state index contributed by atoms with van der Waals surface area (Å²) in [6.07, 6.45) is -0.586. The first-order chi connectivity index (χ1) is 9.61. The third-order valence-electron chi connectivity index (χ3n) is 3.13. The number of likely N-dealkylation sites (N-methyl/N-ethyl adjacent to an activating group) is 1. The van der Waals surface area contributed by atoms with Gasteiger partial charge >= 0.3 is 0 Å². The number of benzene rings is 1. The minimum Gasteiger partial charge on any atom is -0.464 e. The summed E-state index contributed by atoms with van der Waals surface area (Å²) >= 11 is 0. The van der Waals surface area contributed by atoms with Crippen LogP contribution in [0.5, 0.6) is 0 Å². The van der Waals surface area contributed by atoms with E-state index in [1.165, 1.54) is 0 Å². The smallest absolute Gasteiger partial charge is 0.256 e. The molecule has 1 aromatic carbocycles. The van der Waals surface area contributed by atoms with E-state index in [0.29, 0.717) is 6.54 Å². The van der Waals surface area contributed by atoms with Crippen molar-refractivity contribution in [3.05, 3.63) is 59.5 Å². The van der Waals surface area contributed by atoms with Crippen molar-refractivity contribution in [3.8, 4) is 0 Å². The minimum absolute atomic E-state index is 0.0900. The van der Waals surface area contributed by atoms with E-state index >= 15 is 0 Å². The summed E-state index contributed by atoms with van der Waals surface area (Å²) in [5, 5.41) is 0. The zero-order chi connectivity index (χ0) is 14.5. The molecule has 2 rings (SSSR count). The second-order valence-corrected chi connectivity index (χ2v) is 4.73. The first kappa shape index (κ1) is 14.3. The summed E-state index contributed by atoms with van der Waals surface area (Å²) in [5.74, 6) is 1.52. The van der Waals surface area contributed by atoms with E-state index in [9.17, 15) is 4.79 Å². The summed E-state index contributed by atoms with van der Waals surface area (Å²) in [7, 11) is 3.29. The summed E-state index contributed by atoms with van der Waals surface area (Å²) in [5.41, 5.74) is 0.850. The SMILES string of the molecule is CO[C@@H](C(=O)N(C)Cc1ccc(C)o1)c1ccccc1. The predicted molar refractivity (Wildman–Crippen MR) is 76.1 cm³/mol. The molecular weight excluding hydrogens is 254 g/mol. The van der Waals surface area contributed by atoms with Gasteiger partial charge in [0.1, 0.15) is 11.5 Å². The Morgan fingerprint density at radius 3 is 2.50 bits per heavy atom. The van der Waals surface area contributed by atoms with Gasteiger partial charge in [0.25, 0.3) is 5.91 Å². The number of nitrogens with zero attached hydrogens (tertiary/aromatic N) is 1. The second kappa shape index (κ2) is 6.39. The van der Waals surface area contributed by atoms with Crippen molar-refractivity contribution in [3.63, 3.8) is 0 Å². The molecular formula is C16H19NO3. The van der Waals surface area contributed by atoms with Crippen LogP contribution in [0.4, 0.5) is 0 Å². The molecule has 0 saturated carbocycles. The molecule has 1 heterocycles. The number of amides is 1. The number of aryl methyl sites for hydroxylation is 1. The van der Waals surface area contributed by atoms with E-state index in [-0.39, 0.29) is 5.91 Å². The van der Waals surface area contributed by atoms with Crippen LogP contribution < -0.4 is 0 Å². The number of ether oxygens (including phenoxy) is 1. The molecule has 1 atom stereocenters. The average Bonchev–Trinajstić information content (AvgIpc) is 2.86. The first-order valence-corrected chi connectivity index (χ1v) is 6.50. The van der Waals surface area contributed by atoms with Crippen molar-refractivity contribution in [1.82, 2.24) is 4.90 Å². The van der Waals surface area contributed by atoms with Crippen molar-refractivity contribution in [2.45, 2.75) is 19.6 Å². The van der Waals surface area contributed by atoms with Crippen LogP contribution in [0.2, 0.25) is 0 Å². The monoisotopic (exact) mass is 273 g/mol. The zero-order valence-electron chi connectivity index (χ0n) is 12.0. The number of hydrogen-bond acceptors (Lipinski definition) is 3. The molecule has 1 aromatic heterocycles. The zero-order valence-corrected chi connectivity index (χ0v) is 12.0. The van der Waals surface area contributed by atoms with E-state index in [4.69, 9.17) is 9.15 Å². The van der Waals surface area contributed by atoms with Gasteiger partial charge in [0.05, 0.1) is 6.54 Å². The molecule has 0 saturated heterocycles. The van der Waals surface area contributed by atoms with Crippen LogP contribution >= 0.6 is 0 Å². The first-order valence-electron chi connectivity index (χ1n) is 6.50. The number of hydrogen-bond donors (Lipinski definition) is 0. The van der Waals surface area contributed by atoms with E-state index in [0.717, 1.165) is 17.1 Å². The van der Waals surface area contributed by atoms with E-state index in [1.807, 2.05) is 49.4 Å². The van der Waals surface area contributed by atoms with Gasteiger partial charge in [0.15, 0.2) is 6.10 Å². The molecule has 0 radical (unpaired) electrons. The molecule has 0 fully saturated rings. The molecule has 0 unspecified atom stereocenters. The van der Waals surface area contributed by atoms with Crippen LogP contribution in [0.3, 0.4) is 0 Å². The van der Waals surface area contributed by atoms with Gasteiger partial charge in [-0.15, -0.1) is 0 Å². The van der Waals surface area contributed by atoms with Crippen LogP contribution in [0, 0.1) is 6.92 Å². The molecule has 2 aromatic rings. The minimum atomic E-state index is -0.586. The quantitative estimate of drug-likeness (QED) is 0.841. The van der Waals surface area contributed by atoms with Crippen molar-refractivity contribution in [2.75, 3.05) is 14.2 Å². The summed E-state index contributed by atoms with van der Waals surface area (Å²) in [6.45, 7) is 2.31. The van der Waals surface area contributed by atoms with Gasteiger partial charge < -0.3 is 14.1 Å². The van der Waals surface area contributed by atoms with Crippen LogP contribution in [-0.4, -0.2) is 25.0 Å². The Balaban J connectivity index is 2.08. The van der Waals surface area contributed by atoms with Gasteiger partial charge in [-0.2, -0.15) is 0 Å². The Bertz CT molecular complexity index is 562. The lowest BCUT2D eigenvalue weighted by Gasteiger charge is -2.22. The molecule has 0 spiro atoms. The normalized spacial score (nSPS) is 12.2. The predicted octanol–water partition coefficient (Wildman–Crippen LogP) is 2.93. The van der Waals surface area contributed by atoms with Gasteiger partial charge in [-0.05, 0) is 24.6 Å². The fraction of sp³-hybridized carbons (Fsp3) is 0.312. The number of carbonyl (C=O) groups is 1. The lowest BCUT2D eigenvalue weighted by atomic mass is 10.1. The fourth-order valence-corrected chi connectivity index (χ4v) is 2.09. The third kappa shape index (κ3) is 3.27. The standard InChI is InChI=1S/C16H19NO3/c1-12-9-10-14(20-12)11-17(2)16(18)15(19-3)13-7-5-4-6-8-13/h4-10,15H,11H2,1-3H3/t15-/m1/s1. The van der Waals surface area contributed by atoms with Crippen LogP contribution in [0.1, 0.15) is 23.2 Å². The van der Waals surface area contributed by atoms with E-state index < -0.39 is 6.10 Å². The van der Waals surface area contributed by atoms with Crippen molar-refractivity contribution in [1.29, 1.82) is 0 Å². The highest BCUT2D eigenvalue weighted by atomic mass is 16.5. The van der Waals surface area contributed by atoms with Crippen molar-refractivity contribution >= 4 is 5.91 Å². The molecule has 0 aliphatic rings. The van der Waals surface area contributed by atoms with Crippen LogP contribution in [0.25, 0.3) is 0 Å². The summed E-state index contributed by atoms with van der Waals surface area (Å²) in [4.78, 5) is 14.1. The second-order valence-electron chi connectivity index (χ2n) is 4.73. The molecule has 4 nitrogen and oxygen atoms in total. The molecule has 4 heteroatoms. The highest BCUT2D eigenvalue weighted by molar-refractivity contribution is 5.82. The molecule has 0 bridgehead atoms. The fourth-order valence-electron chi connectivity index (χ4n) is 2.09. The van der Waals surface area contributed by atoms with Crippen molar-refractivity contribution < 1.29 is 13.9 Å². The van der Waals surface area contributed by atoms with Gasteiger partial charge in [-0.1, -0.05) is 30.3 Å². The van der Waals surface area contributed by atoms with E-state index in [2.05, 4.69) is 0 Å². The number of rotatable bonds is 5. The maximum absolute atomic E-state index is 12.4. The van der Waals surface area contributed by atoms with Gasteiger partial charge in [-0.3, -0.25) is 4.79 Å².